The molecule has 1 aromatic heterocycles. The molecule has 0 radical (unpaired) electrons. The summed E-state index contributed by atoms with van der Waals surface area (Å²) in [5.74, 6) is 1.60. The molecule has 0 aliphatic heterocycles. The van der Waals surface area contributed by atoms with Crippen LogP contribution in [0.15, 0.2) is 42.3 Å². The van der Waals surface area contributed by atoms with Gasteiger partial charge in [0, 0.05) is 18.8 Å². The van der Waals surface area contributed by atoms with Crippen LogP contribution in [0.5, 0.6) is 0 Å². The van der Waals surface area contributed by atoms with Gasteiger partial charge in [-0.05, 0) is 84.3 Å². The van der Waals surface area contributed by atoms with Gasteiger partial charge in [0.1, 0.15) is 12.1 Å². The highest BCUT2D eigenvalue weighted by Crippen LogP contribution is 2.66. The topological polar surface area (TPSA) is 85.4 Å². The maximum Gasteiger partial charge on any atom is 0.325 e. The Kier molecular flexibility index (Phi) is 5.53. The number of hydrogen-bond donors (Lipinski definition) is 2. The number of nitrogens with two attached hydrogens (primary N) is 1. The van der Waals surface area contributed by atoms with Gasteiger partial charge >= 0.3 is 5.97 Å². The van der Waals surface area contributed by atoms with E-state index in [1.807, 2.05) is 18.5 Å². The smallest absolute Gasteiger partial charge is 0.325 e. The first-order valence-corrected chi connectivity index (χ1v) is 12.2. The zero-order valence-corrected chi connectivity index (χ0v) is 19.3. The number of aromatic nitrogens is 1. The molecular weight excluding hydrogens is 400 g/mol. The lowest BCUT2D eigenvalue weighted by Gasteiger charge is -2.57. The number of rotatable bonds is 4. The Morgan fingerprint density at radius 3 is 2.78 bits per heavy atom. The van der Waals surface area contributed by atoms with Crippen molar-refractivity contribution in [2.24, 2.45) is 34.3 Å². The highest BCUT2D eigenvalue weighted by molar-refractivity contribution is 5.75. The first-order chi connectivity index (χ1) is 15.4. The summed E-state index contributed by atoms with van der Waals surface area (Å²) in [6, 6.07) is 3.32. The van der Waals surface area contributed by atoms with Gasteiger partial charge in [-0.3, -0.25) is 9.78 Å². The first-order valence-electron chi connectivity index (χ1n) is 12.2. The predicted octanol–water partition coefficient (Wildman–Crippen LogP) is 4.27. The molecular formula is C27H36N2O3. The van der Waals surface area contributed by atoms with Gasteiger partial charge in [-0.25, -0.2) is 0 Å². The van der Waals surface area contributed by atoms with Gasteiger partial charge in [0.2, 0.25) is 0 Å². The molecule has 7 atom stereocenters. The van der Waals surface area contributed by atoms with Gasteiger partial charge in [0.25, 0.3) is 0 Å². The van der Waals surface area contributed by atoms with E-state index in [1.165, 1.54) is 36.0 Å². The number of carbonyl (C=O) groups excluding carboxylic acids is 1. The number of allylic oxidation sites excluding steroid dienone is 3. The molecule has 1 heterocycles. The Labute approximate surface area is 191 Å². The molecule has 3 N–H and O–H groups in total. The molecule has 172 valence electrons. The van der Waals surface area contributed by atoms with Crippen molar-refractivity contribution < 1.29 is 14.6 Å². The van der Waals surface area contributed by atoms with Gasteiger partial charge in [-0.1, -0.05) is 37.6 Å². The van der Waals surface area contributed by atoms with Crippen molar-refractivity contribution >= 4 is 11.5 Å². The second kappa shape index (κ2) is 8.11. The average Bonchev–Trinajstić information content (AvgIpc) is 3.16. The number of aliphatic hydroxyl groups excluding tert-OH is 1. The minimum absolute atomic E-state index is 0.116. The fourth-order valence-corrected chi connectivity index (χ4v) is 7.59. The third-order valence-corrected chi connectivity index (χ3v) is 9.39. The SMILES string of the molecule is CC12CCC(OC(=O)C(N)CO)CC1=CCC1C2CCC2(C)C(c3cccnc3)=CCC12. The van der Waals surface area contributed by atoms with Crippen LogP contribution < -0.4 is 5.73 Å². The summed E-state index contributed by atoms with van der Waals surface area (Å²) in [6.07, 6.45) is 16.2. The summed E-state index contributed by atoms with van der Waals surface area (Å²) < 4.78 is 5.64. The van der Waals surface area contributed by atoms with Gasteiger partial charge in [-0.2, -0.15) is 0 Å². The van der Waals surface area contributed by atoms with Gasteiger partial charge in [-0.15, -0.1) is 0 Å². The molecule has 0 spiro atoms. The van der Waals surface area contributed by atoms with E-state index in [-0.39, 0.29) is 23.5 Å². The molecule has 0 amide bonds. The Hall–Kier alpha value is -1.98. The van der Waals surface area contributed by atoms with Crippen molar-refractivity contribution in [3.05, 3.63) is 47.8 Å². The van der Waals surface area contributed by atoms with E-state index in [1.54, 1.807) is 0 Å². The summed E-state index contributed by atoms with van der Waals surface area (Å²) in [4.78, 5) is 16.5. The maximum atomic E-state index is 12.1. The molecule has 2 fully saturated rings. The number of carbonyl (C=O) groups is 1. The number of ether oxygens (including phenoxy) is 1. The van der Waals surface area contributed by atoms with Crippen LogP contribution in [0.1, 0.15) is 64.4 Å². The Bertz CT molecular complexity index is 941. The Morgan fingerprint density at radius 1 is 1.22 bits per heavy atom. The van der Waals surface area contributed by atoms with Crippen LogP contribution in [0.25, 0.3) is 5.57 Å². The fourth-order valence-electron chi connectivity index (χ4n) is 7.59. The van der Waals surface area contributed by atoms with Gasteiger partial charge < -0.3 is 15.6 Å². The number of nitrogens with zero attached hydrogens (tertiary/aromatic N) is 1. The zero-order valence-electron chi connectivity index (χ0n) is 19.3. The number of esters is 1. The Morgan fingerprint density at radius 2 is 2.03 bits per heavy atom. The molecule has 5 nitrogen and oxygen atoms in total. The van der Waals surface area contributed by atoms with E-state index in [9.17, 15) is 4.79 Å². The van der Waals surface area contributed by atoms with Crippen molar-refractivity contribution in [2.45, 2.75) is 70.9 Å². The number of aliphatic hydroxyl groups is 1. The highest BCUT2D eigenvalue weighted by Gasteiger charge is 2.57. The van der Waals surface area contributed by atoms with E-state index in [0.717, 1.165) is 25.7 Å². The van der Waals surface area contributed by atoms with E-state index in [4.69, 9.17) is 15.6 Å². The molecule has 32 heavy (non-hydrogen) atoms. The molecule has 0 bridgehead atoms. The van der Waals surface area contributed by atoms with E-state index in [0.29, 0.717) is 17.8 Å². The van der Waals surface area contributed by atoms with Crippen LogP contribution in [0, 0.1) is 28.6 Å². The summed E-state index contributed by atoms with van der Waals surface area (Å²) in [5, 5.41) is 9.13. The molecule has 5 rings (SSSR count). The van der Waals surface area contributed by atoms with Crippen LogP contribution in [0.3, 0.4) is 0 Å². The quantitative estimate of drug-likeness (QED) is 0.544. The predicted molar refractivity (Wildman–Crippen MR) is 124 cm³/mol. The molecule has 5 heteroatoms. The number of fused-ring (bicyclic) bond motifs is 5. The monoisotopic (exact) mass is 436 g/mol. The average molecular weight is 437 g/mol. The largest absolute Gasteiger partial charge is 0.461 e. The highest BCUT2D eigenvalue weighted by atomic mass is 16.5. The molecule has 2 saturated carbocycles. The van der Waals surface area contributed by atoms with E-state index < -0.39 is 12.0 Å². The number of pyridine rings is 1. The normalized spacial score (nSPS) is 39.1. The van der Waals surface area contributed by atoms with E-state index in [2.05, 4.69) is 37.0 Å². The molecule has 4 aliphatic carbocycles. The third-order valence-electron chi connectivity index (χ3n) is 9.39. The van der Waals surface area contributed by atoms with E-state index >= 15 is 0 Å². The summed E-state index contributed by atoms with van der Waals surface area (Å²) in [6.45, 7) is 4.58. The van der Waals surface area contributed by atoms with Gasteiger partial charge in [0.15, 0.2) is 0 Å². The summed E-state index contributed by atoms with van der Waals surface area (Å²) in [5.41, 5.74) is 10.3. The second-order valence-corrected chi connectivity index (χ2v) is 10.9. The van der Waals surface area contributed by atoms with Crippen molar-refractivity contribution in [3.8, 4) is 0 Å². The van der Waals surface area contributed by atoms with Crippen LogP contribution in [0.4, 0.5) is 0 Å². The second-order valence-electron chi connectivity index (χ2n) is 10.9. The minimum atomic E-state index is -0.937. The third kappa shape index (κ3) is 3.36. The standard InChI is InChI=1S/C27H36N2O3/c1-26-11-9-19(32-25(31)24(28)16-30)14-18(26)5-6-20-22-8-7-21(17-4-3-13-29-15-17)27(22,2)12-10-23(20)26/h3-5,7,13,15,19-20,22-24,30H,6,8-12,14,16,28H2,1-2H3. The van der Waals surface area contributed by atoms with Crippen molar-refractivity contribution in [1.29, 1.82) is 0 Å². The first kappa shape index (κ1) is 21.8. The van der Waals surface area contributed by atoms with Crippen molar-refractivity contribution in [1.82, 2.24) is 4.98 Å². The van der Waals surface area contributed by atoms with Gasteiger partial charge in [0.05, 0.1) is 6.61 Å². The lowest BCUT2D eigenvalue weighted by Crippen LogP contribution is -2.50. The zero-order chi connectivity index (χ0) is 22.5. The summed E-state index contributed by atoms with van der Waals surface area (Å²) in [7, 11) is 0. The van der Waals surface area contributed by atoms with Crippen LogP contribution in [-0.2, 0) is 9.53 Å². The lowest BCUT2D eigenvalue weighted by molar-refractivity contribution is -0.153. The molecule has 4 aliphatic rings. The molecule has 0 saturated heterocycles. The van der Waals surface area contributed by atoms with Crippen LogP contribution >= 0.6 is 0 Å². The number of hydrogen-bond acceptors (Lipinski definition) is 5. The molecule has 0 aromatic carbocycles. The maximum absolute atomic E-state index is 12.1. The molecule has 1 aromatic rings. The van der Waals surface area contributed by atoms with Crippen LogP contribution in [-0.4, -0.2) is 34.8 Å². The lowest BCUT2D eigenvalue weighted by atomic mass is 9.47. The minimum Gasteiger partial charge on any atom is -0.461 e. The molecule has 7 unspecified atom stereocenters. The fraction of sp³-hybridized carbons (Fsp3) is 0.630. The summed E-state index contributed by atoms with van der Waals surface area (Å²) >= 11 is 0. The van der Waals surface area contributed by atoms with Crippen molar-refractivity contribution in [3.63, 3.8) is 0 Å². The Balaban J connectivity index is 1.34. The van der Waals surface area contributed by atoms with Crippen LogP contribution in [0.2, 0.25) is 0 Å². The van der Waals surface area contributed by atoms with Crippen molar-refractivity contribution in [2.75, 3.05) is 6.61 Å².